The average Bonchev–Trinajstić information content (AvgIpc) is 4.00. The molecule has 0 aliphatic heterocycles. The number of H-pyrrole nitrogens is 1. The Morgan fingerprint density at radius 3 is 1.87 bits per heavy atom. The van der Waals surface area contributed by atoms with E-state index in [1.54, 1.807) is 82.2 Å². The molecule has 0 aliphatic rings. The highest BCUT2D eigenvalue weighted by atomic mass is 32.2. The molecule has 0 radical (unpaired) electrons. The Hall–Kier alpha value is -7.01. The zero-order valence-corrected chi connectivity index (χ0v) is 28.7. The van der Waals surface area contributed by atoms with Crippen LogP contribution in [0.3, 0.4) is 0 Å². The summed E-state index contributed by atoms with van der Waals surface area (Å²) in [6.07, 6.45) is 4.30. The van der Waals surface area contributed by atoms with Gasteiger partial charge in [0.05, 0.1) is 29.4 Å². The van der Waals surface area contributed by atoms with Crippen molar-refractivity contribution in [1.29, 1.82) is 5.41 Å². The Balaban J connectivity index is 0.000000184. The van der Waals surface area contributed by atoms with Crippen molar-refractivity contribution in [2.24, 2.45) is 5.73 Å². The van der Waals surface area contributed by atoms with Crippen LogP contribution < -0.4 is 11.3 Å². The van der Waals surface area contributed by atoms with Crippen molar-refractivity contribution in [3.05, 3.63) is 160 Å². The molecule has 270 valence electrons. The van der Waals surface area contributed by atoms with Crippen molar-refractivity contribution in [2.75, 3.05) is 0 Å². The summed E-state index contributed by atoms with van der Waals surface area (Å²) in [5.74, 6) is -0.930. The number of halogens is 3. The first-order chi connectivity index (χ1) is 26.2. The molecule has 0 amide bonds. The largest absolute Gasteiger partial charge is 0.382 e. The Labute approximate surface area is 307 Å². The predicted octanol–water partition coefficient (Wildman–Crippen LogP) is 6.78. The first-order valence-corrected chi connectivity index (χ1v) is 16.8. The summed E-state index contributed by atoms with van der Waals surface area (Å²) >= 11 is 1.17. The highest BCUT2D eigenvalue weighted by molar-refractivity contribution is 7.99. The first-order valence-electron chi connectivity index (χ1n) is 16.0. The molecule has 54 heavy (non-hydrogen) atoms. The summed E-state index contributed by atoms with van der Waals surface area (Å²) < 4.78 is 54.0. The van der Waals surface area contributed by atoms with Gasteiger partial charge in [-0.25, -0.2) is 18.2 Å². The van der Waals surface area contributed by atoms with Crippen LogP contribution in [0, 0.1) is 22.9 Å². The number of hydrogen-bond donors (Lipinski definition) is 3. The van der Waals surface area contributed by atoms with E-state index in [2.05, 4.69) is 30.5 Å². The van der Waals surface area contributed by atoms with Gasteiger partial charge in [0.2, 0.25) is 0 Å². The van der Waals surface area contributed by atoms with Crippen molar-refractivity contribution in [3.8, 4) is 34.3 Å². The molecule has 4 N–H and O–H groups in total. The van der Waals surface area contributed by atoms with Gasteiger partial charge in [0, 0.05) is 34.4 Å². The van der Waals surface area contributed by atoms with E-state index >= 15 is 0 Å². The number of benzene rings is 3. The number of nitrogen functional groups attached to an aromatic ring is 1. The summed E-state index contributed by atoms with van der Waals surface area (Å²) in [6, 6.07) is 25.3. The van der Waals surface area contributed by atoms with Gasteiger partial charge in [0.25, 0.3) is 5.56 Å². The normalized spacial score (nSPS) is 10.9. The van der Waals surface area contributed by atoms with Crippen molar-refractivity contribution < 1.29 is 22.2 Å². The number of hydrogen-bond acceptors (Lipinski definition) is 10. The molecule has 17 heteroatoms. The molecule has 0 saturated heterocycles. The number of amidine groups is 1. The van der Waals surface area contributed by atoms with Crippen LogP contribution in [0.1, 0.15) is 16.8 Å². The number of nitrogens with two attached hydrogens (primary N) is 1. The molecular weight excluding hydrogens is 722 g/mol. The molecule has 0 bridgehead atoms. The highest BCUT2D eigenvalue weighted by Crippen LogP contribution is 2.27. The second kappa shape index (κ2) is 15.7. The summed E-state index contributed by atoms with van der Waals surface area (Å²) in [4.78, 5) is 20.8. The predicted molar refractivity (Wildman–Crippen MR) is 192 cm³/mol. The Morgan fingerprint density at radius 1 is 0.759 bits per heavy atom. The Morgan fingerprint density at radius 2 is 1.33 bits per heavy atom. The maximum absolute atomic E-state index is 14.2. The molecule has 5 aromatic heterocycles. The molecule has 0 unspecified atom stereocenters. The summed E-state index contributed by atoms with van der Waals surface area (Å²) in [5, 5.41) is 24.0. The van der Waals surface area contributed by atoms with Gasteiger partial charge in [-0.1, -0.05) is 58.5 Å². The fraction of sp³-hybridized carbons (Fsp3) is 0.0541. The van der Waals surface area contributed by atoms with Crippen LogP contribution >= 0.6 is 11.8 Å². The lowest BCUT2D eigenvalue weighted by Gasteiger charge is -2.06. The molecule has 13 nitrogen and oxygen atoms in total. The van der Waals surface area contributed by atoms with Crippen LogP contribution in [0.25, 0.3) is 34.3 Å². The third-order valence-corrected chi connectivity index (χ3v) is 8.86. The van der Waals surface area contributed by atoms with E-state index in [0.717, 1.165) is 0 Å². The smallest absolute Gasteiger partial charge is 0.265 e. The average molecular weight is 749 g/mol. The van der Waals surface area contributed by atoms with Gasteiger partial charge in [-0.15, -0.1) is 0 Å². The van der Waals surface area contributed by atoms with Crippen LogP contribution in [0.5, 0.6) is 0 Å². The quantitative estimate of drug-likeness (QED) is 0.0996. The van der Waals surface area contributed by atoms with Gasteiger partial charge in [-0.05, 0) is 48.5 Å². The van der Waals surface area contributed by atoms with Crippen LogP contribution in [0.4, 0.5) is 13.2 Å². The topological polar surface area (TPSA) is 183 Å². The second-order valence-corrected chi connectivity index (χ2v) is 12.6. The molecule has 3 aromatic carbocycles. The number of aromatic nitrogens is 8. The van der Waals surface area contributed by atoms with Crippen LogP contribution in [0.2, 0.25) is 0 Å². The molecule has 0 spiro atoms. The van der Waals surface area contributed by atoms with Gasteiger partial charge in [-0.3, -0.25) is 19.6 Å². The Bertz CT molecular complexity index is 2590. The van der Waals surface area contributed by atoms with E-state index < -0.39 is 0 Å². The van der Waals surface area contributed by atoms with E-state index in [4.69, 9.17) is 20.2 Å². The SMILES string of the molecule is N=C(N)c1cc(-c2ccon2)n(Cc2ccccc2F)n1.O=c1[nH]c(-c2cc(-c3ccon3)n(Cc3ccccc3F)n2)ncc1Sc1ccc(F)cc1. The molecule has 0 saturated carbocycles. The van der Waals surface area contributed by atoms with Crippen molar-refractivity contribution >= 4 is 17.6 Å². The zero-order valence-electron chi connectivity index (χ0n) is 27.9. The van der Waals surface area contributed by atoms with Crippen molar-refractivity contribution in [1.82, 2.24) is 39.8 Å². The minimum Gasteiger partial charge on any atom is -0.382 e. The lowest BCUT2D eigenvalue weighted by molar-refractivity contribution is 0.421. The number of nitrogens with one attached hydrogen (secondary N) is 2. The van der Waals surface area contributed by atoms with Gasteiger partial charge in [-0.2, -0.15) is 10.2 Å². The minimum atomic E-state index is -0.360. The van der Waals surface area contributed by atoms with E-state index in [1.165, 1.54) is 54.8 Å². The molecule has 5 heterocycles. The summed E-state index contributed by atoms with van der Waals surface area (Å²) in [7, 11) is 0. The fourth-order valence-corrected chi connectivity index (χ4v) is 5.99. The molecular formula is C37H27F3N10O3S. The number of rotatable bonds is 10. The van der Waals surface area contributed by atoms with E-state index in [0.29, 0.717) is 55.1 Å². The summed E-state index contributed by atoms with van der Waals surface area (Å²) in [5.41, 5.74) is 8.98. The van der Waals surface area contributed by atoms with Gasteiger partial charge < -0.3 is 19.8 Å². The minimum absolute atomic E-state index is 0.150. The van der Waals surface area contributed by atoms with Crippen molar-refractivity contribution in [3.63, 3.8) is 0 Å². The monoisotopic (exact) mass is 748 g/mol. The standard InChI is InChI=1S/C23H15F2N5O2S.C14H12FN5O/c24-15-5-7-16(8-6-15)33-21-12-26-22(27-23(21)31)19-11-20(18-9-10-32-29-18)30(28-19)13-14-3-1-2-4-17(14)25;15-10-4-2-1-3-9(10)8-20-13(11-5-6-21-19-11)7-12(18-20)14(16)17/h1-12H,13H2,(H,26,27,31);1-7H,8H2,(H3,16,17). The molecule has 8 aromatic rings. The fourth-order valence-electron chi connectivity index (χ4n) is 5.22. The van der Waals surface area contributed by atoms with E-state index in [9.17, 15) is 18.0 Å². The van der Waals surface area contributed by atoms with Crippen LogP contribution in [-0.4, -0.2) is 45.7 Å². The van der Waals surface area contributed by atoms with Gasteiger partial charge in [0.15, 0.2) is 5.82 Å². The molecule has 8 rings (SSSR count). The second-order valence-electron chi connectivity index (χ2n) is 11.5. The van der Waals surface area contributed by atoms with Gasteiger partial charge in [0.1, 0.15) is 58.6 Å². The van der Waals surface area contributed by atoms with Crippen LogP contribution in [0.15, 0.2) is 139 Å². The number of aromatic amines is 1. The van der Waals surface area contributed by atoms with Crippen LogP contribution in [-0.2, 0) is 13.1 Å². The van der Waals surface area contributed by atoms with Gasteiger partial charge >= 0.3 is 0 Å². The first kappa shape index (κ1) is 35.4. The lowest BCUT2D eigenvalue weighted by Crippen LogP contribution is -2.13. The van der Waals surface area contributed by atoms with E-state index in [1.807, 2.05) is 0 Å². The third kappa shape index (κ3) is 8.05. The van der Waals surface area contributed by atoms with Crippen molar-refractivity contribution in [2.45, 2.75) is 22.9 Å². The molecule has 0 aliphatic carbocycles. The maximum Gasteiger partial charge on any atom is 0.265 e. The maximum atomic E-state index is 14.2. The number of nitrogens with zero attached hydrogens (tertiary/aromatic N) is 7. The Kier molecular flexibility index (Phi) is 10.3. The molecule has 0 atom stereocenters. The zero-order chi connectivity index (χ0) is 37.6. The third-order valence-electron chi connectivity index (χ3n) is 7.84. The van der Waals surface area contributed by atoms with E-state index in [-0.39, 0.29) is 47.8 Å². The molecule has 0 fully saturated rings. The lowest BCUT2D eigenvalue weighted by atomic mass is 10.2. The highest BCUT2D eigenvalue weighted by Gasteiger charge is 2.18. The summed E-state index contributed by atoms with van der Waals surface area (Å²) in [6.45, 7) is 0.361.